The molecule has 0 aliphatic heterocycles. The summed E-state index contributed by atoms with van der Waals surface area (Å²) < 4.78 is 6.90. The molecule has 0 unspecified atom stereocenters. The monoisotopic (exact) mass is 1230 g/mol. The summed E-state index contributed by atoms with van der Waals surface area (Å²) in [5.74, 6) is 1.62. The molecule has 4 heterocycles. The molecule has 0 fully saturated rings. The van der Waals surface area contributed by atoms with Crippen LogP contribution in [-0.2, 0) is 16.2 Å². The first-order valence-corrected chi connectivity index (χ1v) is 33.6. The Hall–Kier alpha value is -11.7. The normalized spacial score (nSPS) is 14.4. The van der Waals surface area contributed by atoms with E-state index in [1.54, 1.807) is 0 Å². The lowest BCUT2D eigenvalue weighted by molar-refractivity contribution is 0.660. The van der Waals surface area contributed by atoms with Crippen LogP contribution in [0.15, 0.2) is 279 Å². The Bertz CT molecular complexity index is 6010. The Balaban J connectivity index is 0.765. The van der Waals surface area contributed by atoms with Gasteiger partial charge < -0.3 is 4.57 Å². The van der Waals surface area contributed by atoms with Crippen LogP contribution in [0.3, 0.4) is 0 Å². The van der Waals surface area contributed by atoms with Gasteiger partial charge in [-0.25, -0.2) is 0 Å². The van der Waals surface area contributed by atoms with E-state index in [4.69, 9.17) is 15.0 Å². The minimum Gasteiger partial charge on any atom is -0.309 e. The van der Waals surface area contributed by atoms with Crippen LogP contribution >= 0.6 is 0 Å². The molecule has 0 spiro atoms. The molecule has 20 rings (SSSR count). The Morgan fingerprint density at radius 1 is 0.219 bits per heavy atom. The third-order valence-electron chi connectivity index (χ3n) is 22.1. The minimum atomic E-state index is -0.0759. The van der Waals surface area contributed by atoms with E-state index in [-0.39, 0.29) is 16.2 Å². The number of rotatable bonds is 7. The van der Waals surface area contributed by atoms with Gasteiger partial charge in [-0.3, -0.25) is 9.13 Å². The van der Waals surface area contributed by atoms with Crippen LogP contribution in [0.2, 0.25) is 0 Å². The minimum absolute atomic E-state index is 0.0571. The highest BCUT2D eigenvalue weighted by Crippen LogP contribution is 2.53. The number of hydrogen-bond acceptors (Lipinski definition) is 3. The molecule has 96 heavy (non-hydrogen) atoms. The molecule has 0 saturated carbocycles. The fraction of sp³-hybridized carbons (Fsp3) is 0.100. The van der Waals surface area contributed by atoms with E-state index in [1.807, 2.05) is 0 Å². The average molecular weight is 1230 g/mol. The van der Waals surface area contributed by atoms with Crippen molar-refractivity contribution in [3.05, 3.63) is 312 Å². The van der Waals surface area contributed by atoms with Gasteiger partial charge in [0.25, 0.3) is 0 Å². The van der Waals surface area contributed by atoms with E-state index in [9.17, 15) is 0 Å². The maximum atomic E-state index is 5.68. The van der Waals surface area contributed by atoms with E-state index in [2.05, 4.69) is 334 Å². The van der Waals surface area contributed by atoms with Crippen LogP contribution < -0.4 is 0 Å². The summed E-state index contributed by atoms with van der Waals surface area (Å²) in [5, 5.41) is 6.87. The molecule has 454 valence electrons. The highest BCUT2D eigenvalue weighted by atomic mass is 15.3. The van der Waals surface area contributed by atoms with Gasteiger partial charge in [-0.2, -0.15) is 15.0 Å². The molecular formula is C90H64N6. The molecule has 0 bridgehead atoms. The third-order valence-corrected chi connectivity index (χ3v) is 22.1. The van der Waals surface area contributed by atoms with Gasteiger partial charge in [-0.1, -0.05) is 236 Å². The maximum Gasteiger partial charge on any atom is 0.240 e. The Labute approximate surface area is 556 Å². The van der Waals surface area contributed by atoms with E-state index >= 15 is 0 Å². The molecule has 3 aliphatic carbocycles. The second kappa shape index (κ2) is 19.7. The second-order valence-electron chi connectivity index (χ2n) is 28.4. The van der Waals surface area contributed by atoms with E-state index in [0.717, 1.165) is 77.0 Å². The van der Waals surface area contributed by atoms with Crippen LogP contribution in [0.4, 0.5) is 0 Å². The maximum absolute atomic E-state index is 5.68. The first-order chi connectivity index (χ1) is 46.8. The van der Waals surface area contributed by atoms with Crippen molar-refractivity contribution in [2.45, 2.75) is 57.8 Å². The van der Waals surface area contributed by atoms with Crippen LogP contribution in [0, 0.1) is 0 Å². The summed E-state index contributed by atoms with van der Waals surface area (Å²) in [6, 6.07) is 104. The lowest BCUT2D eigenvalue weighted by Gasteiger charge is -2.21. The summed E-state index contributed by atoms with van der Waals surface area (Å²) in [6.45, 7) is 14.1. The van der Waals surface area contributed by atoms with Crippen molar-refractivity contribution in [1.29, 1.82) is 0 Å². The summed E-state index contributed by atoms with van der Waals surface area (Å²) in [7, 11) is 0. The Morgan fingerprint density at radius 2 is 0.531 bits per heavy atom. The Morgan fingerprint density at radius 3 is 0.938 bits per heavy atom. The molecule has 0 N–H and O–H groups in total. The van der Waals surface area contributed by atoms with Crippen molar-refractivity contribution >= 4 is 65.4 Å². The summed E-state index contributed by atoms with van der Waals surface area (Å²) >= 11 is 0. The number of fused-ring (bicyclic) bond motifs is 18. The molecule has 4 aromatic heterocycles. The lowest BCUT2D eigenvalue weighted by atomic mass is 9.82. The van der Waals surface area contributed by atoms with Crippen LogP contribution in [-0.4, -0.2) is 28.7 Å². The molecule has 3 aliphatic rings. The van der Waals surface area contributed by atoms with Gasteiger partial charge in [-0.05, 0) is 185 Å². The molecule has 6 heteroatoms. The molecular weight excluding hydrogens is 1170 g/mol. The van der Waals surface area contributed by atoms with Crippen molar-refractivity contribution in [2.75, 3.05) is 0 Å². The number of aromatic nitrogens is 6. The topological polar surface area (TPSA) is 53.5 Å². The summed E-state index contributed by atoms with van der Waals surface area (Å²) in [5.41, 5.74) is 31.1. The van der Waals surface area contributed by atoms with Crippen molar-refractivity contribution in [3.63, 3.8) is 0 Å². The van der Waals surface area contributed by atoms with Gasteiger partial charge in [0.05, 0.1) is 33.1 Å². The van der Waals surface area contributed by atoms with Crippen LogP contribution in [0.25, 0.3) is 161 Å². The zero-order valence-corrected chi connectivity index (χ0v) is 54.2. The quantitative estimate of drug-likeness (QED) is 0.160. The van der Waals surface area contributed by atoms with Gasteiger partial charge >= 0.3 is 0 Å². The fourth-order valence-electron chi connectivity index (χ4n) is 17.3. The Kier molecular flexibility index (Phi) is 11.2. The molecule has 0 saturated heterocycles. The predicted molar refractivity (Wildman–Crippen MR) is 397 cm³/mol. The molecule has 0 amide bonds. The largest absolute Gasteiger partial charge is 0.309 e. The summed E-state index contributed by atoms with van der Waals surface area (Å²) in [4.78, 5) is 17.0. The van der Waals surface area contributed by atoms with E-state index < -0.39 is 0 Å². The van der Waals surface area contributed by atoms with Gasteiger partial charge in [-0.15, -0.1) is 0 Å². The van der Waals surface area contributed by atoms with Crippen molar-refractivity contribution in [3.8, 4) is 95.7 Å². The SMILES string of the molecule is CC1(C)c2ccccc2-c2cc(-c3ccc4c(c3)c3ccccc3n4-c3cccc(-c4nc(-n5c6ccccc6c6cc(-c7ccc8c(c7)-c7ccccc7C8(C)C)ccc65)nc(-n5c6ccccc6c6cc(-c7ccc8c(c7)-c7ccccc7C8(C)C)ccc65)n4)c3)ccc21. The van der Waals surface area contributed by atoms with Gasteiger partial charge in [0.2, 0.25) is 11.9 Å². The second-order valence-corrected chi connectivity index (χ2v) is 28.4. The number of nitrogens with zero attached hydrogens (tertiary/aromatic N) is 6. The van der Waals surface area contributed by atoms with Crippen molar-refractivity contribution < 1.29 is 0 Å². The van der Waals surface area contributed by atoms with Crippen molar-refractivity contribution in [2.24, 2.45) is 0 Å². The van der Waals surface area contributed by atoms with E-state index in [0.29, 0.717) is 17.7 Å². The zero-order chi connectivity index (χ0) is 64.1. The number of hydrogen-bond donors (Lipinski definition) is 0. The highest BCUT2D eigenvalue weighted by Gasteiger charge is 2.38. The fourth-order valence-corrected chi connectivity index (χ4v) is 17.3. The number of para-hydroxylation sites is 3. The smallest absolute Gasteiger partial charge is 0.240 e. The van der Waals surface area contributed by atoms with E-state index in [1.165, 1.54) is 99.8 Å². The van der Waals surface area contributed by atoms with Gasteiger partial charge in [0.1, 0.15) is 0 Å². The van der Waals surface area contributed by atoms with Gasteiger partial charge in [0.15, 0.2) is 5.82 Å². The van der Waals surface area contributed by atoms with Crippen LogP contribution in [0.5, 0.6) is 0 Å². The predicted octanol–water partition coefficient (Wildman–Crippen LogP) is 22.7. The lowest BCUT2D eigenvalue weighted by Crippen LogP contribution is -2.14. The molecule has 17 aromatic rings. The summed E-state index contributed by atoms with van der Waals surface area (Å²) in [6.07, 6.45) is 0. The van der Waals surface area contributed by atoms with Gasteiger partial charge in [0, 0.05) is 59.8 Å². The first-order valence-electron chi connectivity index (χ1n) is 33.6. The molecule has 6 nitrogen and oxygen atoms in total. The standard InChI is InChI=1S/C90H64N6/c1-88(2)73-28-13-7-22-61(73)67-47-53(34-40-76(67)88)56-37-43-82-70(50-56)64-25-10-16-31-79(64)94(82)60-21-19-20-59(46-60)85-91-86(95-80-32-17-11-26-65(80)71-51-57(38-44-83(71)95)54-35-41-77-68(48-54)62-23-8-14-29-74(62)89(77,3)4)93-87(92-85)96-81-33-18-12-27-66(81)72-52-58(39-45-84(72)96)55-36-42-78-69(49-55)63-24-9-15-30-75(63)90(78,5)6/h7-52H,1-6H3. The molecule has 0 atom stereocenters. The third kappa shape index (κ3) is 7.66. The first kappa shape index (κ1) is 54.8. The van der Waals surface area contributed by atoms with Crippen molar-refractivity contribution in [1.82, 2.24) is 28.7 Å². The zero-order valence-electron chi connectivity index (χ0n) is 54.2. The number of benzene rings is 13. The average Bonchev–Trinajstić information content (AvgIpc) is 1.61. The molecule has 13 aromatic carbocycles. The highest BCUT2D eigenvalue weighted by molar-refractivity contribution is 6.13. The van der Waals surface area contributed by atoms with Crippen LogP contribution in [0.1, 0.15) is 74.9 Å². The molecule has 0 radical (unpaired) electrons.